The minimum Gasteiger partial charge on any atom is -0.480 e. The molecule has 6 heteroatoms. The van der Waals surface area contributed by atoms with Crippen LogP contribution in [0.5, 0.6) is 0 Å². The van der Waals surface area contributed by atoms with E-state index in [1.54, 1.807) is 0 Å². The fourth-order valence-corrected chi connectivity index (χ4v) is 2.63. The molecule has 0 aromatic carbocycles. The number of methoxy groups -OCH3 is 1. The van der Waals surface area contributed by atoms with Gasteiger partial charge in [0.1, 0.15) is 5.54 Å². The van der Waals surface area contributed by atoms with Crippen LogP contribution in [-0.4, -0.2) is 36.2 Å². The number of carbonyl (C=O) groups excluding carboxylic acids is 1. The summed E-state index contributed by atoms with van der Waals surface area (Å²) in [6.07, 6.45) is 2.24. The van der Waals surface area contributed by atoms with Crippen LogP contribution in [0.3, 0.4) is 0 Å². The van der Waals surface area contributed by atoms with Crippen LogP contribution in [0.15, 0.2) is 0 Å². The van der Waals surface area contributed by atoms with Crippen molar-refractivity contribution in [1.82, 2.24) is 5.32 Å². The molecule has 92 valence electrons. The average Bonchev–Trinajstić information content (AvgIpc) is 2.30. The van der Waals surface area contributed by atoms with E-state index in [0.29, 0.717) is 32.2 Å². The second-order valence-electron chi connectivity index (χ2n) is 4.51. The number of carbonyl (C=O) groups is 2. The van der Waals surface area contributed by atoms with E-state index in [-0.39, 0.29) is 18.4 Å². The maximum Gasteiger partial charge on any atom is 0.323 e. The van der Waals surface area contributed by atoms with Gasteiger partial charge in [-0.1, -0.05) is 0 Å². The van der Waals surface area contributed by atoms with Gasteiger partial charge < -0.3 is 15.2 Å². The molecule has 0 unspecified atom stereocenters. The summed E-state index contributed by atoms with van der Waals surface area (Å²) in [6.45, 7) is 0.423. The lowest BCUT2D eigenvalue weighted by molar-refractivity contribution is -0.166. The van der Waals surface area contributed by atoms with Crippen LogP contribution >= 0.6 is 12.4 Å². The Kier molecular flexibility index (Phi) is 3.50. The zero-order valence-electron chi connectivity index (χ0n) is 9.12. The third-order valence-electron chi connectivity index (χ3n) is 3.85. The highest BCUT2D eigenvalue weighted by atomic mass is 35.5. The summed E-state index contributed by atoms with van der Waals surface area (Å²) in [6, 6.07) is 0. The molecule has 2 saturated heterocycles. The van der Waals surface area contributed by atoms with Crippen LogP contribution in [0.1, 0.15) is 25.7 Å². The van der Waals surface area contributed by atoms with Crippen LogP contribution in [0.2, 0.25) is 0 Å². The van der Waals surface area contributed by atoms with Gasteiger partial charge in [-0.25, -0.2) is 0 Å². The minimum absolute atomic E-state index is 0. The van der Waals surface area contributed by atoms with Crippen molar-refractivity contribution >= 4 is 24.3 Å². The van der Waals surface area contributed by atoms with Crippen molar-refractivity contribution in [3.05, 3.63) is 0 Å². The number of carboxylic acids is 1. The van der Waals surface area contributed by atoms with Crippen molar-refractivity contribution in [1.29, 1.82) is 0 Å². The fourth-order valence-electron chi connectivity index (χ4n) is 2.63. The molecule has 2 heterocycles. The Labute approximate surface area is 99.9 Å². The molecule has 2 bridgehead atoms. The summed E-state index contributed by atoms with van der Waals surface area (Å²) in [5.74, 6) is -1.02. The van der Waals surface area contributed by atoms with Gasteiger partial charge in [0, 0.05) is 6.54 Å². The van der Waals surface area contributed by atoms with Gasteiger partial charge in [-0.2, -0.15) is 0 Å². The molecule has 3 aliphatic rings. The lowest BCUT2D eigenvalue weighted by atomic mass is 9.63. The van der Waals surface area contributed by atoms with E-state index < -0.39 is 16.9 Å². The van der Waals surface area contributed by atoms with Crippen LogP contribution in [0.25, 0.3) is 0 Å². The average molecular weight is 250 g/mol. The number of fused-ring (bicyclic) bond motifs is 3. The molecule has 0 radical (unpaired) electrons. The number of hydrogen-bond acceptors (Lipinski definition) is 4. The van der Waals surface area contributed by atoms with Gasteiger partial charge >= 0.3 is 11.9 Å². The lowest BCUT2D eigenvalue weighted by Crippen LogP contribution is -2.66. The normalized spacial score (nSPS) is 36.3. The highest BCUT2D eigenvalue weighted by molar-refractivity contribution is 5.85. The number of aliphatic carboxylic acids is 1. The first-order chi connectivity index (χ1) is 7.05. The van der Waals surface area contributed by atoms with Crippen molar-refractivity contribution in [2.24, 2.45) is 5.41 Å². The summed E-state index contributed by atoms with van der Waals surface area (Å²) >= 11 is 0. The second-order valence-corrected chi connectivity index (χ2v) is 4.51. The van der Waals surface area contributed by atoms with Crippen LogP contribution in [-0.2, 0) is 14.3 Å². The van der Waals surface area contributed by atoms with Crippen LogP contribution in [0, 0.1) is 5.41 Å². The van der Waals surface area contributed by atoms with E-state index in [0.717, 1.165) is 0 Å². The van der Waals surface area contributed by atoms with Crippen molar-refractivity contribution in [3.8, 4) is 0 Å². The maximum atomic E-state index is 11.6. The summed E-state index contributed by atoms with van der Waals surface area (Å²) in [5.41, 5.74) is -1.28. The Balaban J connectivity index is 0.00000128. The van der Waals surface area contributed by atoms with E-state index in [2.05, 4.69) is 5.32 Å². The van der Waals surface area contributed by atoms with Crippen molar-refractivity contribution < 1.29 is 19.4 Å². The number of ether oxygens (including phenoxy) is 1. The number of carboxylic acid groups (broad SMARTS) is 1. The third-order valence-corrected chi connectivity index (χ3v) is 3.85. The molecular weight excluding hydrogens is 234 g/mol. The largest absolute Gasteiger partial charge is 0.480 e. The van der Waals surface area contributed by atoms with Crippen LogP contribution in [0.4, 0.5) is 0 Å². The van der Waals surface area contributed by atoms with Crippen molar-refractivity contribution in [2.45, 2.75) is 31.2 Å². The summed E-state index contributed by atoms with van der Waals surface area (Å²) in [5, 5.41) is 12.1. The number of nitrogens with one attached hydrogen (secondary N) is 1. The van der Waals surface area contributed by atoms with Gasteiger partial charge in [0.2, 0.25) is 0 Å². The quantitative estimate of drug-likeness (QED) is 0.700. The van der Waals surface area contributed by atoms with E-state index in [1.807, 2.05) is 0 Å². The monoisotopic (exact) mass is 249 g/mol. The number of rotatable bonds is 2. The second kappa shape index (κ2) is 4.22. The highest BCUT2D eigenvalue weighted by Crippen LogP contribution is 2.46. The molecule has 0 atom stereocenters. The first kappa shape index (κ1) is 13.3. The molecular formula is C10H16ClNO4. The summed E-state index contributed by atoms with van der Waals surface area (Å²) in [4.78, 5) is 22.7. The minimum atomic E-state index is -0.805. The third kappa shape index (κ3) is 1.68. The van der Waals surface area contributed by atoms with Gasteiger partial charge in [0.25, 0.3) is 0 Å². The standard InChI is InChI=1S/C10H15NO4.ClH/c1-15-8(14)9-2-4-10(5-3-9,7(12)13)11-6-9;/h11H,2-6H2,1H3,(H,12,13);1H. The number of halogens is 1. The Hall–Kier alpha value is -0.810. The number of hydrogen-bond donors (Lipinski definition) is 2. The smallest absolute Gasteiger partial charge is 0.323 e. The Morgan fingerprint density at radius 2 is 1.81 bits per heavy atom. The predicted octanol–water partition coefficient (Wildman–Crippen LogP) is 0.568. The highest BCUT2D eigenvalue weighted by Gasteiger charge is 2.56. The first-order valence-corrected chi connectivity index (χ1v) is 5.12. The van der Waals surface area contributed by atoms with Gasteiger partial charge in [-0.15, -0.1) is 12.4 Å². The number of piperidine rings is 2. The molecule has 3 fully saturated rings. The zero-order chi connectivity index (χ0) is 11.1. The fraction of sp³-hybridized carbons (Fsp3) is 0.800. The van der Waals surface area contributed by atoms with Crippen molar-refractivity contribution in [2.75, 3.05) is 13.7 Å². The summed E-state index contributed by atoms with van der Waals surface area (Å²) < 4.78 is 4.78. The number of esters is 1. The van der Waals surface area contributed by atoms with E-state index in [4.69, 9.17) is 9.84 Å². The molecule has 2 N–H and O–H groups in total. The van der Waals surface area contributed by atoms with Crippen molar-refractivity contribution in [3.63, 3.8) is 0 Å². The molecule has 0 amide bonds. The topological polar surface area (TPSA) is 75.6 Å². The summed E-state index contributed by atoms with van der Waals surface area (Å²) in [7, 11) is 1.38. The molecule has 3 rings (SSSR count). The molecule has 1 saturated carbocycles. The lowest BCUT2D eigenvalue weighted by Gasteiger charge is -2.50. The first-order valence-electron chi connectivity index (χ1n) is 5.12. The zero-order valence-corrected chi connectivity index (χ0v) is 9.93. The predicted molar refractivity (Wildman–Crippen MR) is 58.5 cm³/mol. The Morgan fingerprint density at radius 1 is 1.25 bits per heavy atom. The Morgan fingerprint density at radius 3 is 2.12 bits per heavy atom. The van der Waals surface area contributed by atoms with Gasteiger partial charge in [0.05, 0.1) is 12.5 Å². The van der Waals surface area contributed by atoms with E-state index >= 15 is 0 Å². The van der Waals surface area contributed by atoms with E-state index in [1.165, 1.54) is 7.11 Å². The molecule has 16 heavy (non-hydrogen) atoms. The molecule has 5 nitrogen and oxygen atoms in total. The SMILES string of the molecule is COC(=O)C12CCC(C(=O)O)(CC1)NC2.Cl. The van der Waals surface area contributed by atoms with Gasteiger partial charge in [0.15, 0.2) is 0 Å². The maximum absolute atomic E-state index is 11.6. The molecule has 0 aromatic rings. The molecule has 0 aromatic heterocycles. The molecule has 0 spiro atoms. The molecule has 2 aliphatic heterocycles. The van der Waals surface area contributed by atoms with Gasteiger partial charge in [-0.3, -0.25) is 9.59 Å². The van der Waals surface area contributed by atoms with Gasteiger partial charge in [-0.05, 0) is 25.7 Å². The Bertz CT molecular complexity index is 293. The molecule has 1 aliphatic carbocycles. The van der Waals surface area contributed by atoms with Crippen LogP contribution < -0.4 is 5.32 Å². The van der Waals surface area contributed by atoms with E-state index in [9.17, 15) is 9.59 Å².